The summed E-state index contributed by atoms with van der Waals surface area (Å²) in [5, 5.41) is 11.5. The Morgan fingerprint density at radius 1 is 1.26 bits per heavy atom. The molecule has 4 nitrogen and oxygen atoms in total. The van der Waals surface area contributed by atoms with Crippen LogP contribution in [0.1, 0.15) is 31.2 Å². The fraction of sp³-hybridized carbons (Fsp3) is 0.400. The van der Waals surface area contributed by atoms with Crippen molar-refractivity contribution in [1.82, 2.24) is 0 Å². The molecule has 1 aromatic rings. The maximum absolute atomic E-state index is 11.6. The van der Waals surface area contributed by atoms with Crippen molar-refractivity contribution in [2.24, 2.45) is 5.92 Å². The number of Topliss-reactive ketones (excluding diaryl/α,β-unsaturated/α-hetero) is 1. The van der Waals surface area contributed by atoms with Crippen molar-refractivity contribution in [2.75, 3.05) is 0 Å². The van der Waals surface area contributed by atoms with E-state index in [1.807, 2.05) is 30.3 Å². The average molecular weight is 257 g/mol. The SMILES string of the molecule is O=C1CCC[C@H]([C@]2([N+](=O)[O-])C=C2c2ccccc2)C1. The number of benzene rings is 1. The zero-order chi connectivity index (χ0) is 13.5. The van der Waals surface area contributed by atoms with Crippen molar-refractivity contribution >= 4 is 11.4 Å². The molecular weight excluding hydrogens is 242 g/mol. The van der Waals surface area contributed by atoms with Gasteiger partial charge in [-0.05, 0) is 18.4 Å². The summed E-state index contributed by atoms with van der Waals surface area (Å²) in [6.07, 6.45) is 4.18. The summed E-state index contributed by atoms with van der Waals surface area (Å²) >= 11 is 0. The second-order valence-corrected chi connectivity index (χ2v) is 5.34. The van der Waals surface area contributed by atoms with Gasteiger partial charge in [-0.15, -0.1) is 0 Å². The molecule has 0 heterocycles. The third-order valence-electron chi connectivity index (χ3n) is 4.20. The lowest BCUT2D eigenvalue weighted by molar-refractivity contribution is -0.536. The molecular formula is C15H15NO3. The Labute approximate surface area is 111 Å². The molecule has 1 fully saturated rings. The summed E-state index contributed by atoms with van der Waals surface area (Å²) in [5.74, 6) is -0.0101. The van der Waals surface area contributed by atoms with Gasteiger partial charge < -0.3 is 0 Å². The van der Waals surface area contributed by atoms with E-state index in [0.29, 0.717) is 12.8 Å². The number of nitrogens with zero attached hydrogens (tertiary/aromatic N) is 1. The van der Waals surface area contributed by atoms with Gasteiger partial charge in [-0.2, -0.15) is 0 Å². The van der Waals surface area contributed by atoms with Gasteiger partial charge in [0.05, 0.1) is 0 Å². The number of ketones is 1. The Morgan fingerprint density at radius 2 is 2.00 bits per heavy atom. The number of carbonyl (C=O) groups excluding carboxylic acids is 1. The van der Waals surface area contributed by atoms with Crippen molar-refractivity contribution in [2.45, 2.75) is 31.2 Å². The number of hydrogen-bond acceptors (Lipinski definition) is 3. The third kappa shape index (κ3) is 1.87. The first-order chi connectivity index (χ1) is 9.14. The maximum Gasteiger partial charge on any atom is 0.269 e. The highest BCUT2D eigenvalue weighted by Gasteiger charge is 2.62. The molecule has 2 atom stereocenters. The first-order valence-corrected chi connectivity index (χ1v) is 6.59. The normalized spacial score (nSPS) is 29.8. The fourth-order valence-electron chi connectivity index (χ4n) is 3.15. The molecule has 0 N–H and O–H groups in total. The van der Waals surface area contributed by atoms with Gasteiger partial charge in [0.1, 0.15) is 5.78 Å². The lowest BCUT2D eigenvalue weighted by atomic mass is 9.78. The van der Waals surface area contributed by atoms with Crippen molar-refractivity contribution in [3.8, 4) is 0 Å². The predicted octanol–water partition coefficient (Wildman–Crippen LogP) is 2.86. The van der Waals surface area contributed by atoms with Crippen molar-refractivity contribution in [1.29, 1.82) is 0 Å². The van der Waals surface area contributed by atoms with E-state index in [4.69, 9.17) is 0 Å². The second kappa shape index (κ2) is 4.30. The topological polar surface area (TPSA) is 60.2 Å². The molecule has 0 aromatic heterocycles. The summed E-state index contributed by atoms with van der Waals surface area (Å²) in [5.41, 5.74) is 0.590. The molecule has 0 bridgehead atoms. The van der Waals surface area contributed by atoms with Crippen LogP contribution >= 0.6 is 0 Å². The molecule has 98 valence electrons. The molecule has 0 spiro atoms. The largest absolute Gasteiger partial charge is 0.300 e. The molecule has 19 heavy (non-hydrogen) atoms. The van der Waals surface area contributed by atoms with Crippen LogP contribution in [0.2, 0.25) is 0 Å². The zero-order valence-electron chi connectivity index (χ0n) is 10.5. The van der Waals surface area contributed by atoms with E-state index in [-0.39, 0.29) is 16.6 Å². The molecule has 0 saturated heterocycles. The summed E-state index contributed by atoms with van der Waals surface area (Å²) in [6.45, 7) is 0. The van der Waals surface area contributed by atoms with E-state index in [1.54, 1.807) is 6.08 Å². The summed E-state index contributed by atoms with van der Waals surface area (Å²) < 4.78 is 0. The highest BCUT2D eigenvalue weighted by molar-refractivity contribution is 5.89. The lowest BCUT2D eigenvalue weighted by Gasteiger charge is -2.25. The molecule has 4 heteroatoms. The van der Waals surface area contributed by atoms with Crippen LogP contribution in [0, 0.1) is 16.0 Å². The van der Waals surface area contributed by atoms with E-state index in [9.17, 15) is 14.9 Å². The Balaban J connectivity index is 1.88. The quantitative estimate of drug-likeness (QED) is 0.618. The fourth-order valence-corrected chi connectivity index (χ4v) is 3.15. The Morgan fingerprint density at radius 3 is 2.63 bits per heavy atom. The Hall–Kier alpha value is -1.97. The molecule has 0 aliphatic heterocycles. The summed E-state index contributed by atoms with van der Waals surface area (Å²) in [4.78, 5) is 22.9. The van der Waals surface area contributed by atoms with Gasteiger partial charge in [-0.25, -0.2) is 0 Å². The molecule has 0 amide bonds. The maximum atomic E-state index is 11.6. The van der Waals surface area contributed by atoms with Gasteiger partial charge in [-0.1, -0.05) is 30.3 Å². The molecule has 3 rings (SSSR count). The number of carbonyl (C=O) groups is 1. The number of hydrogen-bond donors (Lipinski definition) is 0. The minimum absolute atomic E-state index is 0.158. The minimum atomic E-state index is -1.09. The van der Waals surface area contributed by atoms with Crippen LogP contribution in [-0.2, 0) is 4.79 Å². The summed E-state index contributed by atoms with van der Waals surface area (Å²) in [6, 6.07) is 9.43. The average Bonchev–Trinajstić information content (AvgIpc) is 3.16. The van der Waals surface area contributed by atoms with E-state index in [0.717, 1.165) is 24.0 Å². The van der Waals surface area contributed by atoms with Gasteiger partial charge in [-0.3, -0.25) is 14.9 Å². The van der Waals surface area contributed by atoms with E-state index in [1.165, 1.54) is 0 Å². The molecule has 1 aromatic carbocycles. The molecule has 2 aliphatic carbocycles. The standard InChI is InChI=1S/C15H15NO3/c17-13-8-4-7-12(9-13)15(16(18)19)10-14(15)11-5-2-1-3-6-11/h1-3,5-6,10,12H,4,7-9H2/t12-,15+/m0/s1. The minimum Gasteiger partial charge on any atom is -0.300 e. The van der Waals surface area contributed by atoms with Crippen LogP contribution in [0.5, 0.6) is 0 Å². The van der Waals surface area contributed by atoms with Crippen LogP contribution in [0.4, 0.5) is 0 Å². The number of rotatable bonds is 3. The third-order valence-corrected chi connectivity index (χ3v) is 4.20. The van der Waals surface area contributed by atoms with E-state index in [2.05, 4.69) is 0 Å². The first kappa shape index (κ1) is 12.1. The first-order valence-electron chi connectivity index (χ1n) is 6.59. The monoisotopic (exact) mass is 257 g/mol. The van der Waals surface area contributed by atoms with Crippen LogP contribution < -0.4 is 0 Å². The van der Waals surface area contributed by atoms with Gasteiger partial charge in [0.15, 0.2) is 0 Å². The van der Waals surface area contributed by atoms with Crippen LogP contribution in [0.15, 0.2) is 36.4 Å². The van der Waals surface area contributed by atoms with Gasteiger partial charge in [0.2, 0.25) is 0 Å². The molecule has 2 aliphatic rings. The molecule has 0 radical (unpaired) electrons. The Bertz CT molecular complexity index is 564. The van der Waals surface area contributed by atoms with Crippen LogP contribution in [-0.4, -0.2) is 16.2 Å². The molecule has 0 unspecified atom stereocenters. The van der Waals surface area contributed by atoms with Gasteiger partial charge >= 0.3 is 0 Å². The smallest absolute Gasteiger partial charge is 0.269 e. The van der Waals surface area contributed by atoms with E-state index < -0.39 is 5.54 Å². The van der Waals surface area contributed by atoms with Gasteiger partial charge in [0, 0.05) is 35.3 Å². The molecule has 1 saturated carbocycles. The van der Waals surface area contributed by atoms with E-state index >= 15 is 0 Å². The lowest BCUT2D eigenvalue weighted by Crippen LogP contribution is -2.38. The predicted molar refractivity (Wildman–Crippen MR) is 71.1 cm³/mol. The summed E-state index contributed by atoms with van der Waals surface area (Å²) in [7, 11) is 0. The second-order valence-electron chi connectivity index (χ2n) is 5.34. The van der Waals surface area contributed by atoms with Gasteiger partial charge in [0.25, 0.3) is 5.54 Å². The highest BCUT2D eigenvalue weighted by Crippen LogP contribution is 2.53. The van der Waals surface area contributed by atoms with Crippen molar-refractivity contribution in [3.63, 3.8) is 0 Å². The van der Waals surface area contributed by atoms with Crippen LogP contribution in [0.3, 0.4) is 0 Å². The zero-order valence-corrected chi connectivity index (χ0v) is 10.5. The van der Waals surface area contributed by atoms with Crippen molar-refractivity contribution in [3.05, 3.63) is 52.1 Å². The number of nitro groups is 1. The van der Waals surface area contributed by atoms with Crippen molar-refractivity contribution < 1.29 is 9.72 Å². The van der Waals surface area contributed by atoms with Crippen LogP contribution in [0.25, 0.3) is 5.57 Å². The highest BCUT2D eigenvalue weighted by atomic mass is 16.6. The Kier molecular flexibility index (Phi) is 2.73.